The SMILES string of the molecule is CCC.CCCCSN1CC=C(C(=O)OCC)C1. The van der Waals surface area contributed by atoms with Crippen molar-refractivity contribution in [1.82, 2.24) is 4.31 Å². The van der Waals surface area contributed by atoms with Crippen molar-refractivity contribution in [3.63, 3.8) is 0 Å². The third kappa shape index (κ3) is 7.77. The van der Waals surface area contributed by atoms with E-state index in [-0.39, 0.29) is 5.97 Å². The molecule has 0 aliphatic carbocycles. The summed E-state index contributed by atoms with van der Waals surface area (Å²) in [6.45, 7) is 10.3. The van der Waals surface area contributed by atoms with Crippen LogP contribution in [0.2, 0.25) is 0 Å². The van der Waals surface area contributed by atoms with Gasteiger partial charge in [0.25, 0.3) is 0 Å². The Kier molecular flexibility index (Phi) is 11.3. The fourth-order valence-electron chi connectivity index (χ4n) is 1.34. The van der Waals surface area contributed by atoms with Crippen LogP contribution in [0.15, 0.2) is 11.6 Å². The van der Waals surface area contributed by atoms with Crippen LogP contribution in [0.4, 0.5) is 0 Å². The number of carbonyl (C=O) groups excluding carboxylic acids is 1. The van der Waals surface area contributed by atoms with E-state index in [0.717, 1.165) is 24.4 Å². The lowest BCUT2D eigenvalue weighted by Crippen LogP contribution is -2.16. The minimum absolute atomic E-state index is 0.156. The van der Waals surface area contributed by atoms with E-state index >= 15 is 0 Å². The highest BCUT2D eigenvalue weighted by atomic mass is 32.2. The van der Waals surface area contributed by atoms with Crippen molar-refractivity contribution in [3.05, 3.63) is 11.6 Å². The van der Waals surface area contributed by atoms with Gasteiger partial charge in [0.1, 0.15) is 0 Å². The lowest BCUT2D eigenvalue weighted by atomic mass is 10.3. The number of carbonyl (C=O) groups is 1. The monoisotopic (exact) mass is 273 g/mol. The summed E-state index contributed by atoms with van der Waals surface area (Å²) in [6.07, 6.45) is 5.67. The van der Waals surface area contributed by atoms with Gasteiger partial charge in [0.15, 0.2) is 0 Å². The maximum atomic E-state index is 11.4. The maximum Gasteiger partial charge on any atom is 0.335 e. The highest BCUT2D eigenvalue weighted by Crippen LogP contribution is 2.20. The van der Waals surface area contributed by atoms with Crippen LogP contribution >= 0.6 is 11.9 Å². The van der Waals surface area contributed by atoms with Gasteiger partial charge < -0.3 is 4.74 Å². The first kappa shape index (κ1) is 17.5. The van der Waals surface area contributed by atoms with Gasteiger partial charge in [-0.05, 0) is 13.3 Å². The van der Waals surface area contributed by atoms with Crippen molar-refractivity contribution in [3.8, 4) is 0 Å². The van der Waals surface area contributed by atoms with Crippen LogP contribution in [0.25, 0.3) is 0 Å². The normalized spacial score (nSPS) is 14.8. The predicted octanol–water partition coefficient (Wildman–Crippen LogP) is 3.66. The van der Waals surface area contributed by atoms with Gasteiger partial charge in [0.2, 0.25) is 0 Å². The molecule has 0 aromatic heterocycles. The smallest absolute Gasteiger partial charge is 0.335 e. The van der Waals surface area contributed by atoms with Crippen LogP contribution in [0.5, 0.6) is 0 Å². The molecule has 0 fully saturated rings. The molecule has 1 aliphatic heterocycles. The zero-order valence-electron chi connectivity index (χ0n) is 12.2. The highest BCUT2D eigenvalue weighted by molar-refractivity contribution is 7.97. The molecule has 0 saturated carbocycles. The van der Waals surface area contributed by atoms with E-state index in [1.54, 1.807) is 0 Å². The molecule has 1 rings (SSSR count). The van der Waals surface area contributed by atoms with E-state index in [0.29, 0.717) is 6.61 Å². The lowest BCUT2D eigenvalue weighted by Gasteiger charge is -2.13. The molecule has 0 amide bonds. The molecule has 0 saturated heterocycles. The molecular formula is C14H27NO2S. The minimum Gasteiger partial charge on any atom is -0.463 e. The number of rotatable bonds is 6. The van der Waals surface area contributed by atoms with E-state index in [1.807, 2.05) is 24.9 Å². The zero-order chi connectivity index (χ0) is 13.8. The summed E-state index contributed by atoms with van der Waals surface area (Å²) in [5.41, 5.74) is 0.806. The van der Waals surface area contributed by atoms with E-state index in [2.05, 4.69) is 25.1 Å². The second-order valence-corrected chi connectivity index (χ2v) is 5.35. The van der Waals surface area contributed by atoms with Gasteiger partial charge in [0.05, 0.1) is 6.61 Å². The van der Waals surface area contributed by atoms with Crippen LogP contribution in [0.3, 0.4) is 0 Å². The minimum atomic E-state index is -0.156. The summed E-state index contributed by atoms with van der Waals surface area (Å²) in [4.78, 5) is 11.4. The number of hydrogen-bond acceptors (Lipinski definition) is 4. The zero-order valence-corrected chi connectivity index (χ0v) is 13.0. The molecule has 0 spiro atoms. The van der Waals surface area contributed by atoms with Gasteiger partial charge in [-0.25, -0.2) is 9.10 Å². The Morgan fingerprint density at radius 2 is 2.06 bits per heavy atom. The van der Waals surface area contributed by atoms with E-state index in [1.165, 1.54) is 19.3 Å². The first-order valence-electron chi connectivity index (χ1n) is 6.93. The fourth-order valence-corrected chi connectivity index (χ4v) is 2.43. The van der Waals surface area contributed by atoms with Crippen molar-refractivity contribution < 1.29 is 9.53 Å². The molecule has 0 bridgehead atoms. The van der Waals surface area contributed by atoms with Crippen molar-refractivity contribution in [2.75, 3.05) is 25.4 Å². The molecule has 3 nitrogen and oxygen atoms in total. The molecule has 4 heteroatoms. The average Bonchev–Trinajstić information content (AvgIpc) is 2.80. The van der Waals surface area contributed by atoms with Gasteiger partial charge >= 0.3 is 5.97 Å². The molecule has 0 aromatic carbocycles. The van der Waals surface area contributed by atoms with E-state index in [9.17, 15) is 4.79 Å². The van der Waals surface area contributed by atoms with Crippen molar-refractivity contribution in [2.45, 2.75) is 47.0 Å². The van der Waals surface area contributed by atoms with Crippen LogP contribution in [-0.4, -0.2) is 35.7 Å². The third-order valence-corrected chi connectivity index (χ3v) is 3.31. The van der Waals surface area contributed by atoms with Crippen LogP contribution in [0, 0.1) is 0 Å². The van der Waals surface area contributed by atoms with Crippen LogP contribution in [-0.2, 0) is 9.53 Å². The lowest BCUT2D eigenvalue weighted by molar-refractivity contribution is -0.138. The third-order valence-electron chi connectivity index (χ3n) is 2.20. The molecule has 0 atom stereocenters. The summed E-state index contributed by atoms with van der Waals surface area (Å²) >= 11 is 1.82. The van der Waals surface area contributed by atoms with E-state index in [4.69, 9.17) is 4.74 Å². The second-order valence-electron chi connectivity index (χ2n) is 4.17. The Morgan fingerprint density at radius 3 is 2.61 bits per heavy atom. The number of esters is 1. The van der Waals surface area contributed by atoms with Gasteiger partial charge in [-0.2, -0.15) is 0 Å². The van der Waals surface area contributed by atoms with Gasteiger partial charge in [-0.1, -0.05) is 51.6 Å². The molecule has 0 N–H and O–H groups in total. The Bertz CT molecular complexity index is 254. The standard InChI is InChI=1S/C11H19NO2S.C3H8/c1-3-5-8-15-12-7-6-10(9-12)11(13)14-4-2;1-3-2/h6H,3-5,7-9H2,1-2H3;3H2,1-2H3. The number of hydrogen-bond donors (Lipinski definition) is 0. The molecule has 18 heavy (non-hydrogen) atoms. The summed E-state index contributed by atoms with van der Waals surface area (Å²) in [5.74, 6) is 0.983. The van der Waals surface area contributed by atoms with Gasteiger partial charge in [-0.15, -0.1) is 0 Å². The van der Waals surface area contributed by atoms with Gasteiger partial charge in [-0.3, -0.25) is 0 Å². The van der Waals surface area contributed by atoms with Crippen molar-refractivity contribution in [2.24, 2.45) is 0 Å². The maximum absolute atomic E-state index is 11.4. The number of unbranched alkanes of at least 4 members (excludes halogenated alkanes) is 1. The molecule has 106 valence electrons. The Balaban J connectivity index is 0.000000873. The summed E-state index contributed by atoms with van der Waals surface area (Å²) in [5, 5.41) is 0. The molecular weight excluding hydrogens is 246 g/mol. The van der Waals surface area contributed by atoms with Gasteiger partial charge in [0, 0.05) is 24.4 Å². The highest BCUT2D eigenvalue weighted by Gasteiger charge is 2.20. The molecule has 1 aliphatic rings. The molecule has 0 aromatic rings. The summed E-state index contributed by atoms with van der Waals surface area (Å²) < 4.78 is 7.17. The first-order chi connectivity index (χ1) is 8.69. The second kappa shape index (κ2) is 11.6. The van der Waals surface area contributed by atoms with Crippen LogP contribution < -0.4 is 0 Å². The van der Waals surface area contributed by atoms with Crippen molar-refractivity contribution >= 4 is 17.9 Å². The van der Waals surface area contributed by atoms with E-state index < -0.39 is 0 Å². The molecule has 1 heterocycles. The van der Waals surface area contributed by atoms with Crippen molar-refractivity contribution in [1.29, 1.82) is 0 Å². The quantitative estimate of drug-likeness (QED) is 0.420. The topological polar surface area (TPSA) is 29.5 Å². The first-order valence-corrected chi connectivity index (χ1v) is 7.87. The van der Waals surface area contributed by atoms with Crippen LogP contribution in [0.1, 0.15) is 47.0 Å². The molecule has 0 radical (unpaired) electrons. The molecule has 0 unspecified atom stereocenters. The number of ether oxygens (including phenoxy) is 1. The average molecular weight is 273 g/mol. The Hall–Kier alpha value is -0.480. The largest absolute Gasteiger partial charge is 0.463 e. The summed E-state index contributed by atoms with van der Waals surface area (Å²) in [7, 11) is 0. The predicted molar refractivity (Wildman–Crippen MR) is 79.6 cm³/mol. The number of nitrogens with zero attached hydrogens (tertiary/aromatic N) is 1. The Morgan fingerprint density at radius 1 is 1.39 bits per heavy atom. The summed E-state index contributed by atoms with van der Waals surface area (Å²) in [6, 6.07) is 0. The fraction of sp³-hybridized carbons (Fsp3) is 0.786. The Labute approximate surface area is 116 Å².